The number of hydrogen-bond acceptors (Lipinski definition) is 5. The Labute approximate surface area is 124 Å². The molecule has 0 saturated heterocycles. The number of hydrogen-bond donors (Lipinski definition) is 1. The molecule has 0 fully saturated rings. The van der Waals surface area contributed by atoms with E-state index in [1.54, 1.807) is 16.8 Å². The highest BCUT2D eigenvalue weighted by atomic mass is 35.5. The zero-order chi connectivity index (χ0) is 14.2. The van der Waals surface area contributed by atoms with Gasteiger partial charge in [-0.3, -0.25) is 4.98 Å². The molecule has 4 rings (SSSR count). The summed E-state index contributed by atoms with van der Waals surface area (Å²) in [5, 5.41) is 8.83. The van der Waals surface area contributed by atoms with Crippen molar-refractivity contribution in [1.29, 1.82) is 0 Å². The number of benzene rings is 1. The molecule has 102 valence electrons. The fourth-order valence-corrected chi connectivity index (χ4v) is 2.40. The van der Waals surface area contributed by atoms with Crippen LogP contribution in [-0.4, -0.2) is 24.6 Å². The van der Waals surface area contributed by atoms with Gasteiger partial charge in [0.05, 0.1) is 5.52 Å². The van der Waals surface area contributed by atoms with Crippen molar-refractivity contribution in [3.63, 3.8) is 0 Å². The summed E-state index contributed by atoms with van der Waals surface area (Å²) in [4.78, 5) is 12.5. The second kappa shape index (κ2) is 4.68. The maximum absolute atomic E-state index is 6.02. The summed E-state index contributed by atoms with van der Waals surface area (Å²) in [6.45, 7) is 0. The van der Waals surface area contributed by atoms with Crippen molar-refractivity contribution in [2.75, 3.05) is 5.32 Å². The van der Waals surface area contributed by atoms with Gasteiger partial charge in [-0.15, -0.1) is 0 Å². The lowest BCUT2D eigenvalue weighted by Gasteiger charge is -2.10. The Morgan fingerprint density at radius 3 is 3.00 bits per heavy atom. The Bertz CT molecular complexity index is 943. The molecule has 0 saturated carbocycles. The standard InChI is InChI=1S/C14H9ClN6/c15-12-7-13(21-14(20-12)17-8-18-21)19-11-5-1-4-10-9(11)3-2-6-16-10/h1-8,19H. The summed E-state index contributed by atoms with van der Waals surface area (Å²) >= 11 is 6.02. The van der Waals surface area contributed by atoms with Gasteiger partial charge in [0.2, 0.25) is 0 Å². The first kappa shape index (κ1) is 12.0. The minimum atomic E-state index is 0.358. The minimum Gasteiger partial charge on any atom is -0.339 e. The smallest absolute Gasteiger partial charge is 0.255 e. The number of pyridine rings is 1. The highest BCUT2D eigenvalue weighted by Crippen LogP contribution is 2.26. The lowest BCUT2D eigenvalue weighted by atomic mass is 10.2. The number of halogens is 1. The van der Waals surface area contributed by atoms with Gasteiger partial charge in [-0.25, -0.2) is 0 Å². The van der Waals surface area contributed by atoms with E-state index < -0.39 is 0 Å². The fraction of sp³-hybridized carbons (Fsp3) is 0. The predicted molar refractivity (Wildman–Crippen MR) is 80.8 cm³/mol. The van der Waals surface area contributed by atoms with Crippen molar-refractivity contribution in [3.8, 4) is 0 Å². The van der Waals surface area contributed by atoms with E-state index in [2.05, 4.69) is 25.4 Å². The van der Waals surface area contributed by atoms with Crippen LogP contribution in [0.25, 0.3) is 16.7 Å². The van der Waals surface area contributed by atoms with Gasteiger partial charge in [0.25, 0.3) is 5.78 Å². The van der Waals surface area contributed by atoms with E-state index in [9.17, 15) is 0 Å². The van der Waals surface area contributed by atoms with Crippen molar-refractivity contribution >= 4 is 39.8 Å². The highest BCUT2D eigenvalue weighted by Gasteiger charge is 2.08. The number of nitrogens with one attached hydrogen (secondary N) is 1. The molecular weight excluding hydrogens is 288 g/mol. The summed E-state index contributed by atoms with van der Waals surface area (Å²) in [5.41, 5.74) is 1.83. The third kappa shape index (κ3) is 2.05. The van der Waals surface area contributed by atoms with Crippen molar-refractivity contribution in [2.45, 2.75) is 0 Å². The highest BCUT2D eigenvalue weighted by molar-refractivity contribution is 6.29. The van der Waals surface area contributed by atoms with E-state index >= 15 is 0 Å². The monoisotopic (exact) mass is 296 g/mol. The maximum Gasteiger partial charge on any atom is 0.255 e. The van der Waals surface area contributed by atoms with E-state index in [4.69, 9.17) is 11.6 Å². The van der Waals surface area contributed by atoms with Crippen molar-refractivity contribution in [2.24, 2.45) is 0 Å². The van der Waals surface area contributed by atoms with E-state index in [1.165, 1.54) is 6.33 Å². The molecule has 0 atom stereocenters. The van der Waals surface area contributed by atoms with Gasteiger partial charge in [0.15, 0.2) is 0 Å². The van der Waals surface area contributed by atoms with Gasteiger partial charge < -0.3 is 5.32 Å². The molecule has 0 aliphatic heterocycles. The summed E-state index contributed by atoms with van der Waals surface area (Å²) in [6.07, 6.45) is 3.21. The van der Waals surface area contributed by atoms with Crippen LogP contribution in [-0.2, 0) is 0 Å². The van der Waals surface area contributed by atoms with Gasteiger partial charge in [0.1, 0.15) is 17.3 Å². The summed E-state index contributed by atoms with van der Waals surface area (Å²) in [5.74, 6) is 1.14. The third-order valence-corrected chi connectivity index (χ3v) is 3.32. The van der Waals surface area contributed by atoms with Crippen molar-refractivity contribution in [3.05, 3.63) is 54.1 Å². The lowest BCUT2D eigenvalue weighted by molar-refractivity contribution is 0.947. The number of aromatic nitrogens is 5. The Balaban J connectivity index is 1.89. The molecule has 1 aromatic carbocycles. The van der Waals surface area contributed by atoms with Crippen LogP contribution in [0.3, 0.4) is 0 Å². The van der Waals surface area contributed by atoms with E-state index in [-0.39, 0.29) is 0 Å². The third-order valence-electron chi connectivity index (χ3n) is 3.13. The van der Waals surface area contributed by atoms with Crippen LogP contribution < -0.4 is 5.32 Å². The average molecular weight is 297 g/mol. The lowest BCUT2D eigenvalue weighted by Crippen LogP contribution is -2.02. The van der Waals surface area contributed by atoms with E-state index in [0.717, 1.165) is 16.6 Å². The molecular formula is C14H9ClN6. The first-order valence-corrected chi connectivity index (χ1v) is 6.66. The second-order valence-corrected chi connectivity index (χ2v) is 4.82. The Kier molecular flexibility index (Phi) is 2.68. The average Bonchev–Trinajstić information content (AvgIpc) is 2.96. The normalized spacial score (nSPS) is 11.1. The van der Waals surface area contributed by atoms with Crippen LogP contribution in [0.4, 0.5) is 11.5 Å². The summed E-state index contributed by atoms with van der Waals surface area (Å²) in [6, 6.07) is 11.5. The molecule has 0 amide bonds. The number of nitrogens with zero attached hydrogens (tertiary/aromatic N) is 5. The zero-order valence-electron chi connectivity index (χ0n) is 10.7. The Morgan fingerprint density at radius 1 is 1.10 bits per heavy atom. The molecule has 6 nitrogen and oxygen atoms in total. The van der Waals surface area contributed by atoms with Gasteiger partial charge in [-0.05, 0) is 24.3 Å². The minimum absolute atomic E-state index is 0.358. The van der Waals surface area contributed by atoms with E-state index in [1.807, 2.05) is 30.3 Å². The zero-order valence-corrected chi connectivity index (χ0v) is 11.5. The summed E-state index contributed by atoms with van der Waals surface area (Å²) in [7, 11) is 0. The largest absolute Gasteiger partial charge is 0.339 e. The Morgan fingerprint density at radius 2 is 2.05 bits per heavy atom. The molecule has 21 heavy (non-hydrogen) atoms. The quantitative estimate of drug-likeness (QED) is 0.576. The van der Waals surface area contributed by atoms with Crippen LogP contribution >= 0.6 is 11.6 Å². The van der Waals surface area contributed by atoms with Crippen molar-refractivity contribution < 1.29 is 0 Å². The molecule has 0 radical (unpaired) electrons. The number of fused-ring (bicyclic) bond motifs is 2. The topological polar surface area (TPSA) is 68.0 Å². The molecule has 3 aromatic heterocycles. The molecule has 0 aliphatic carbocycles. The molecule has 0 bridgehead atoms. The molecule has 7 heteroatoms. The van der Waals surface area contributed by atoms with Gasteiger partial charge in [-0.1, -0.05) is 17.7 Å². The SMILES string of the molecule is Clc1cc(Nc2cccc3ncccc23)n2ncnc2n1. The van der Waals surface area contributed by atoms with Crippen LogP contribution in [0.15, 0.2) is 48.9 Å². The fourth-order valence-electron chi connectivity index (χ4n) is 2.22. The second-order valence-electron chi connectivity index (χ2n) is 4.44. The molecule has 4 aromatic rings. The molecule has 3 heterocycles. The van der Waals surface area contributed by atoms with Gasteiger partial charge in [-0.2, -0.15) is 19.6 Å². The van der Waals surface area contributed by atoms with E-state index in [0.29, 0.717) is 16.7 Å². The predicted octanol–water partition coefficient (Wildman–Crippen LogP) is 3.07. The summed E-state index contributed by atoms with van der Waals surface area (Å²) < 4.78 is 1.60. The van der Waals surface area contributed by atoms with Gasteiger partial charge >= 0.3 is 0 Å². The molecule has 0 unspecified atom stereocenters. The Hall–Kier alpha value is -2.73. The van der Waals surface area contributed by atoms with Crippen LogP contribution in [0.2, 0.25) is 5.15 Å². The number of anilines is 2. The van der Waals surface area contributed by atoms with Crippen molar-refractivity contribution in [1.82, 2.24) is 24.6 Å². The first-order chi connectivity index (χ1) is 10.3. The van der Waals surface area contributed by atoms with Crippen LogP contribution in [0, 0.1) is 0 Å². The van der Waals surface area contributed by atoms with Crippen LogP contribution in [0.1, 0.15) is 0 Å². The molecule has 0 spiro atoms. The number of rotatable bonds is 2. The molecule has 1 N–H and O–H groups in total. The maximum atomic E-state index is 6.02. The van der Waals surface area contributed by atoms with Crippen LogP contribution in [0.5, 0.6) is 0 Å². The molecule has 0 aliphatic rings. The van der Waals surface area contributed by atoms with Gasteiger partial charge in [0, 0.05) is 23.3 Å². The first-order valence-electron chi connectivity index (χ1n) is 6.28.